The van der Waals surface area contributed by atoms with Gasteiger partial charge in [0.2, 0.25) is 0 Å². The minimum absolute atomic E-state index is 0.0571. The Kier molecular flexibility index (Phi) is 4.55. The van der Waals surface area contributed by atoms with Crippen molar-refractivity contribution in [2.75, 3.05) is 13.1 Å². The Balaban J connectivity index is 2.82. The first-order chi connectivity index (χ1) is 8.92. The van der Waals surface area contributed by atoms with E-state index in [4.69, 9.17) is 9.84 Å². The van der Waals surface area contributed by atoms with E-state index in [9.17, 15) is 22.8 Å². The number of aliphatic carboxylic acids is 1. The molecule has 8 heteroatoms. The van der Waals surface area contributed by atoms with Gasteiger partial charge in [-0.2, -0.15) is 13.2 Å². The first-order valence-corrected chi connectivity index (χ1v) is 6.19. The van der Waals surface area contributed by atoms with Crippen molar-refractivity contribution in [1.82, 2.24) is 4.90 Å². The number of hydrogen-bond donors (Lipinski definition) is 1. The minimum atomic E-state index is -4.66. The van der Waals surface area contributed by atoms with Crippen molar-refractivity contribution < 1.29 is 32.6 Å². The van der Waals surface area contributed by atoms with Crippen LogP contribution in [0.5, 0.6) is 0 Å². The lowest BCUT2D eigenvalue weighted by Gasteiger charge is -2.38. The zero-order chi connectivity index (χ0) is 15.7. The van der Waals surface area contributed by atoms with Gasteiger partial charge in [-0.3, -0.25) is 4.79 Å². The molecule has 0 aromatic rings. The molecule has 1 rings (SSSR count). The van der Waals surface area contributed by atoms with Crippen LogP contribution in [0, 0.1) is 11.8 Å². The average molecular weight is 297 g/mol. The normalized spacial score (nSPS) is 24.4. The topological polar surface area (TPSA) is 66.8 Å². The van der Waals surface area contributed by atoms with Crippen LogP contribution in [0.3, 0.4) is 0 Å². The van der Waals surface area contributed by atoms with Crippen LogP contribution in [0.15, 0.2) is 0 Å². The van der Waals surface area contributed by atoms with Gasteiger partial charge < -0.3 is 14.7 Å². The van der Waals surface area contributed by atoms with Gasteiger partial charge in [-0.15, -0.1) is 0 Å². The number of carbonyl (C=O) groups excluding carboxylic acids is 1. The monoisotopic (exact) mass is 297 g/mol. The standard InChI is InChI=1S/C12H18F3NO4/c1-11(2,3)20-10(19)16-5-4-7(9(17)18)8(6-16)12(13,14)15/h7-8H,4-6H2,1-3H3,(H,17,18)/t7-,8+/m1/s1. The number of carbonyl (C=O) groups is 2. The fraction of sp³-hybridized carbons (Fsp3) is 0.833. The molecular formula is C12H18F3NO4. The zero-order valence-electron chi connectivity index (χ0n) is 11.5. The van der Waals surface area contributed by atoms with Crippen molar-refractivity contribution in [2.24, 2.45) is 11.8 Å². The molecule has 0 bridgehead atoms. The first kappa shape index (κ1) is 16.6. The maximum atomic E-state index is 12.9. The summed E-state index contributed by atoms with van der Waals surface area (Å²) in [6, 6.07) is 0. The summed E-state index contributed by atoms with van der Waals surface area (Å²) in [6.45, 7) is 4.08. The van der Waals surface area contributed by atoms with Gasteiger partial charge in [-0.1, -0.05) is 0 Å². The Morgan fingerprint density at radius 2 is 1.80 bits per heavy atom. The maximum Gasteiger partial charge on any atom is 0.410 e. The Labute approximate surface area is 114 Å². The quantitative estimate of drug-likeness (QED) is 0.807. The van der Waals surface area contributed by atoms with E-state index in [1.807, 2.05) is 0 Å². The van der Waals surface area contributed by atoms with Crippen LogP contribution in [0.4, 0.5) is 18.0 Å². The molecule has 0 aliphatic carbocycles. The van der Waals surface area contributed by atoms with Crippen LogP contribution in [0.25, 0.3) is 0 Å². The van der Waals surface area contributed by atoms with Crippen LogP contribution in [-0.4, -0.2) is 46.9 Å². The van der Waals surface area contributed by atoms with Gasteiger partial charge in [-0.25, -0.2) is 4.79 Å². The smallest absolute Gasteiger partial charge is 0.410 e. The van der Waals surface area contributed by atoms with E-state index in [1.54, 1.807) is 20.8 Å². The second-order valence-corrected chi connectivity index (χ2v) is 5.81. The third kappa shape index (κ3) is 4.28. The molecule has 0 radical (unpaired) electrons. The van der Waals surface area contributed by atoms with Crippen LogP contribution >= 0.6 is 0 Å². The summed E-state index contributed by atoms with van der Waals surface area (Å²) in [7, 11) is 0. The number of carboxylic acid groups (broad SMARTS) is 1. The predicted molar refractivity (Wildman–Crippen MR) is 63.1 cm³/mol. The van der Waals surface area contributed by atoms with Gasteiger partial charge >= 0.3 is 18.2 Å². The predicted octanol–water partition coefficient (Wildman–Crippen LogP) is 2.51. The lowest BCUT2D eigenvalue weighted by molar-refractivity contribution is -0.206. The molecule has 1 aliphatic rings. The van der Waals surface area contributed by atoms with E-state index in [-0.39, 0.29) is 13.0 Å². The van der Waals surface area contributed by atoms with Crippen LogP contribution in [0.2, 0.25) is 0 Å². The molecule has 20 heavy (non-hydrogen) atoms. The molecule has 2 atom stereocenters. The number of carboxylic acids is 1. The summed E-state index contributed by atoms with van der Waals surface area (Å²) in [5, 5.41) is 8.85. The zero-order valence-corrected chi connectivity index (χ0v) is 11.5. The van der Waals surface area contributed by atoms with Crippen LogP contribution in [-0.2, 0) is 9.53 Å². The van der Waals surface area contributed by atoms with Crippen LogP contribution in [0.1, 0.15) is 27.2 Å². The van der Waals surface area contributed by atoms with Gasteiger partial charge in [0.25, 0.3) is 0 Å². The number of piperidine rings is 1. The number of amides is 1. The highest BCUT2D eigenvalue weighted by atomic mass is 19.4. The number of halogens is 3. The Morgan fingerprint density at radius 3 is 2.20 bits per heavy atom. The molecule has 0 aromatic carbocycles. The van der Waals surface area contributed by atoms with Crippen molar-refractivity contribution in [3.63, 3.8) is 0 Å². The summed E-state index contributed by atoms with van der Waals surface area (Å²) in [4.78, 5) is 23.6. The summed E-state index contributed by atoms with van der Waals surface area (Å²) in [6.07, 6.45) is -5.75. The van der Waals surface area contributed by atoms with Crippen molar-refractivity contribution in [3.05, 3.63) is 0 Å². The van der Waals surface area contributed by atoms with E-state index in [1.165, 1.54) is 0 Å². The van der Waals surface area contributed by atoms with Crippen molar-refractivity contribution in [1.29, 1.82) is 0 Å². The summed E-state index contributed by atoms with van der Waals surface area (Å²) in [5.41, 5.74) is -0.811. The molecule has 0 saturated carbocycles. The number of likely N-dealkylation sites (tertiary alicyclic amines) is 1. The number of nitrogens with zero attached hydrogens (tertiary/aromatic N) is 1. The summed E-state index contributed by atoms with van der Waals surface area (Å²) in [5.74, 6) is -5.08. The average Bonchev–Trinajstić information content (AvgIpc) is 2.24. The number of alkyl halides is 3. The molecule has 1 aliphatic heterocycles. The fourth-order valence-corrected chi connectivity index (χ4v) is 2.07. The Hall–Kier alpha value is -1.47. The first-order valence-electron chi connectivity index (χ1n) is 6.19. The molecule has 0 aromatic heterocycles. The van der Waals surface area contributed by atoms with Crippen molar-refractivity contribution in [2.45, 2.75) is 39.0 Å². The molecule has 0 unspecified atom stereocenters. The third-order valence-electron chi connectivity index (χ3n) is 3.00. The SMILES string of the molecule is CC(C)(C)OC(=O)N1CC[C@@H](C(=O)O)[C@@H](C(F)(F)F)C1. The van der Waals surface area contributed by atoms with Gasteiger partial charge in [0.05, 0.1) is 11.8 Å². The molecule has 0 spiro atoms. The lowest BCUT2D eigenvalue weighted by Crippen LogP contribution is -2.51. The minimum Gasteiger partial charge on any atom is -0.481 e. The number of rotatable bonds is 1. The molecule has 116 valence electrons. The van der Waals surface area contributed by atoms with E-state index >= 15 is 0 Å². The van der Waals surface area contributed by atoms with Gasteiger partial charge in [0.1, 0.15) is 5.60 Å². The van der Waals surface area contributed by atoms with E-state index in [0.29, 0.717) is 0 Å². The molecule has 1 fully saturated rings. The molecule has 1 heterocycles. The van der Waals surface area contributed by atoms with Crippen molar-refractivity contribution in [3.8, 4) is 0 Å². The molecule has 1 N–H and O–H groups in total. The molecule has 1 saturated heterocycles. The van der Waals surface area contributed by atoms with Gasteiger partial charge in [0.15, 0.2) is 0 Å². The van der Waals surface area contributed by atoms with Crippen molar-refractivity contribution >= 4 is 12.1 Å². The highest BCUT2D eigenvalue weighted by molar-refractivity contribution is 5.72. The highest BCUT2D eigenvalue weighted by Crippen LogP contribution is 2.37. The van der Waals surface area contributed by atoms with Gasteiger partial charge in [-0.05, 0) is 27.2 Å². The van der Waals surface area contributed by atoms with E-state index in [2.05, 4.69) is 0 Å². The second-order valence-electron chi connectivity index (χ2n) is 5.81. The lowest BCUT2D eigenvalue weighted by atomic mass is 9.85. The molecule has 5 nitrogen and oxygen atoms in total. The Morgan fingerprint density at radius 1 is 1.25 bits per heavy atom. The summed E-state index contributed by atoms with van der Waals surface area (Å²) < 4.78 is 43.7. The van der Waals surface area contributed by atoms with E-state index < -0.39 is 42.2 Å². The second kappa shape index (κ2) is 5.49. The van der Waals surface area contributed by atoms with E-state index in [0.717, 1.165) is 4.90 Å². The molecule has 1 amide bonds. The highest BCUT2D eigenvalue weighted by Gasteiger charge is 2.51. The maximum absolute atomic E-state index is 12.9. The largest absolute Gasteiger partial charge is 0.481 e. The number of hydrogen-bond acceptors (Lipinski definition) is 3. The number of ether oxygens (including phenoxy) is 1. The van der Waals surface area contributed by atoms with Crippen LogP contribution < -0.4 is 0 Å². The Bertz CT molecular complexity index is 389. The van der Waals surface area contributed by atoms with Gasteiger partial charge in [0, 0.05) is 13.1 Å². The fourth-order valence-electron chi connectivity index (χ4n) is 2.07. The summed E-state index contributed by atoms with van der Waals surface area (Å²) >= 11 is 0. The molecular weight excluding hydrogens is 279 g/mol. The third-order valence-corrected chi connectivity index (χ3v) is 3.00.